The lowest BCUT2D eigenvalue weighted by molar-refractivity contribution is -0.142. The van der Waals surface area contributed by atoms with E-state index in [0.717, 1.165) is 0 Å². The normalized spacial score (nSPS) is 21.3. The molecule has 1 saturated heterocycles. The Morgan fingerprint density at radius 1 is 1.38 bits per heavy atom. The van der Waals surface area contributed by atoms with Crippen molar-refractivity contribution in [1.82, 2.24) is 10.6 Å². The Labute approximate surface area is 122 Å². The highest BCUT2D eigenvalue weighted by Crippen LogP contribution is 2.11. The zero-order valence-electron chi connectivity index (χ0n) is 11.5. The van der Waals surface area contributed by atoms with E-state index < -0.39 is 39.9 Å². The zero-order chi connectivity index (χ0) is 16.0. The minimum atomic E-state index is -3.13. The second-order valence-corrected chi connectivity index (χ2v) is 6.95. The molecular weight excluding hydrogens is 304 g/mol. The highest BCUT2D eigenvalue weighted by atomic mass is 32.2. The molecule has 10 heteroatoms. The molecule has 1 unspecified atom stereocenters. The van der Waals surface area contributed by atoms with E-state index in [2.05, 4.69) is 15.4 Å². The van der Waals surface area contributed by atoms with Crippen molar-refractivity contribution in [3.63, 3.8) is 0 Å². The molecule has 0 bridgehead atoms. The first-order valence-corrected chi connectivity index (χ1v) is 8.12. The number of carbonyl (C=O) groups is 3. The summed E-state index contributed by atoms with van der Waals surface area (Å²) >= 11 is 0. The van der Waals surface area contributed by atoms with Crippen molar-refractivity contribution < 1.29 is 32.6 Å². The zero-order valence-corrected chi connectivity index (χ0v) is 12.3. The number of ether oxygens (including phenoxy) is 1. The SMILES string of the molecule is COC(=O)CC[C@H](NC(=O)NC1CCS(=O)(=O)C1)C(=O)O. The molecule has 1 fully saturated rings. The third-order valence-corrected chi connectivity index (χ3v) is 4.80. The van der Waals surface area contributed by atoms with Gasteiger partial charge in [0.2, 0.25) is 0 Å². The molecule has 1 rings (SSSR count). The molecular formula is C11H18N2O7S. The van der Waals surface area contributed by atoms with Crippen LogP contribution in [0.3, 0.4) is 0 Å². The standard InChI is InChI=1S/C11H18N2O7S/c1-20-9(14)3-2-8(10(15)16)13-11(17)12-7-4-5-21(18,19)6-7/h7-8H,2-6H2,1H3,(H,15,16)(H2,12,13,17)/t7?,8-/m0/s1. The molecule has 0 aromatic carbocycles. The van der Waals surface area contributed by atoms with Gasteiger partial charge in [-0.15, -0.1) is 0 Å². The Morgan fingerprint density at radius 3 is 2.52 bits per heavy atom. The monoisotopic (exact) mass is 322 g/mol. The number of rotatable bonds is 6. The molecule has 1 heterocycles. The van der Waals surface area contributed by atoms with Crippen molar-refractivity contribution in [3.05, 3.63) is 0 Å². The first-order valence-electron chi connectivity index (χ1n) is 6.30. The summed E-state index contributed by atoms with van der Waals surface area (Å²) in [5, 5.41) is 13.6. The average Bonchev–Trinajstić information content (AvgIpc) is 2.72. The van der Waals surface area contributed by atoms with E-state index in [1.165, 1.54) is 7.11 Å². The summed E-state index contributed by atoms with van der Waals surface area (Å²) in [7, 11) is -1.95. The van der Waals surface area contributed by atoms with E-state index in [9.17, 15) is 22.8 Å². The molecule has 0 radical (unpaired) electrons. The molecule has 1 aliphatic rings. The van der Waals surface area contributed by atoms with E-state index in [1.54, 1.807) is 0 Å². The van der Waals surface area contributed by atoms with Crippen molar-refractivity contribution in [2.45, 2.75) is 31.3 Å². The fourth-order valence-corrected chi connectivity index (χ4v) is 3.59. The van der Waals surface area contributed by atoms with Gasteiger partial charge in [0.05, 0.1) is 18.6 Å². The molecule has 2 amide bonds. The number of carboxylic acids is 1. The summed E-state index contributed by atoms with van der Waals surface area (Å²) in [6, 6.07) is -2.54. The van der Waals surface area contributed by atoms with E-state index in [0.29, 0.717) is 6.42 Å². The number of sulfone groups is 1. The predicted octanol–water partition coefficient (Wildman–Crippen LogP) is -1.12. The number of carbonyl (C=O) groups excluding carboxylic acids is 2. The van der Waals surface area contributed by atoms with Crippen LogP contribution in [0.5, 0.6) is 0 Å². The van der Waals surface area contributed by atoms with Crippen LogP contribution in [-0.4, -0.2) is 62.2 Å². The van der Waals surface area contributed by atoms with Crippen LogP contribution in [0.15, 0.2) is 0 Å². The summed E-state index contributed by atoms with van der Waals surface area (Å²) in [4.78, 5) is 33.6. The van der Waals surface area contributed by atoms with Crippen LogP contribution in [0.1, 0.15) is 19.3 Å². The maximum absolute atomic E-state index is 11.6. The predicted molar refractivity (Wildman–Crippen MR) is 71.4 cm³/mol. The Hall–Kier alpha value is -1.84. The van der Waals surface area contributed by atoms with Gasteiger partial charge in [-0.05, 0) is 12.8 Å². The van der Waals surface area contributed by atoms with Gasteiger partial charge in [-0.3, -0.25) is 4.79 Å². The van der Waals surface area contributed by atoms with Crippen molar-refractivity contribution in [2.75, 3.05) is 18.6 Å². The van der Waals surface area contributed by atoms with Crippen LogP contribution in [0.2, 0.25) is 0 Å². The number of carboxylic acid groups (broad SMARTS) is 1. The Morgan fingerprint density at radius 2 is 2.05 bits per heavy atom. The van der Waals surface area contributed by atoms with Gasteiger partial charge in [-0.2, -0.15) is 0 Å². The number of esters is 1. The number of aliphatic carboxylic acids is 1. The van der Waals surface area contributed by atoms with Gasteiger partial charge in [-0.25, -0.2) is 18.0 Å². The van der Waals surface area contributed by atoms with Crippen molar-refractivity contribution in [3.8, 4) is 0 Å². The number of urea groups is 1. The molecule has 2 atom stereocenters. The van der Waals surface area contributed by atoms with Gasteiger partial charge in [0.25, 0.3) is 0 Å². The Bertz CT molecular complexity index is 517. The maximum atomic E-state index is 11.6. The van der Waals surface area contributed by atoms with Gasteiger partial charge in [0, 0.05) is 12.5 Å². The van der Waals surface area contributed by atoms with Crippen molar-refractivity contribution in [2.24, 2.45) is 0 Å². The second kappa shape index (κ2) is 7.25. The molecule has 21 heavy (non-hydrogen) atoms. The third-order valence-electron chi connectivity index (χ3n) is 3.04. The van der Waals surface area contributed by atoms with Crippen LogP contribution in [-0.2, 0) is 24.2 Å². The highest BCUT2D eigenvalue weighted by Gasteiger charge is 2.30. The number of hydrogen-bond acceptors (Lipinski definition) is 6. The Kier molecular flexibility index (Phi) is 5.94. The maximum Gasteiger partial charge on any atom is 0.326 e. The molecule has 0 saturated carbocycles. The summed E-state index contributed by atoms with van der Waals surface area (Å²) < 4.78 is 26.9. The average molecular weight is 322 g/mol. The van der Waals surface area contributed by atoms with Gasteiger partial charge in [-0.1, -0.05) is 0 Å². The quantitative estimate of drug-likeness (QED) is 0.526. The molecule has 0 spiro atoms. The van der Waals surface area contributed by atoms with Gasteiger partial charge < -0.3 is 20.5 Å². The molecule has 0 aromatic rings. The van der Waals surface area contributed by atoms with Crippen LogP contribution in [0, 0.1) is 0 Å². The summed E-state index contributed by atoms with van der Waals surface area (Å²) in [5.74, 6) is -2.01. The van der Waals surface area contributed by atoms with Gasteiger partial charge >= 0.3 is 18.0 Å². The van der Waals surface area contributed by atoms with Crippen LogP contribution in [0.4, 0.5) is 4.79 Å². The summed E-state index contributed by atoms with van der Waals surface area (Å²) in [5.41, 5.74) is 0. The number of hydrogen-bond donors (Lipinski definition) is 3. The molecule has 120 valence electrons. The molecule has 9 nitrogen and oxygen atoms in total. The summed E-state index contributed by atoms with van der Waals surface area (Å²) in [6.45, 7) is 0. The lowest BCUT2D eigenvalue weighted by Gasteiger charge is -2.17. The first-order chi connectivity index (χ1) is 9.73. The van der Waals surface area contributed by atoms with Gasteiger partial charge in [0.15, 0.2) is 9.84 Å². The van der Waals surface area contributed by atoms with Gasteiger partial charge in [0.1, 0.15) is 6.04 Å². The largest absolute Gasteiger partial charge is 0.480 e. The molecule has 1 aliphatic heterocycles. The van der Waals surface area contributed by atoms with E-state index >= 15 is 0 Å². The van der Waals surface area contributed by atoms with Crippen LogP contribution < -0.4 is 10.6 Å². The lowest BCUT2D eigenvalue weighted by Crippen LogP contribution is -2.49. The van der Waals surface area contributed by atoms with E-state index in [1.807, 2.05) is 0 Å². The first kappa shape index (κ1) is 17.2. The highest BCUT2D eigenvalue weighted by molar-refractivity contribution is 7.91. The fraction of sp³-hybridized carbons (Fsp3) is 0.727. The van der Waals surface area contributed by atoms with E-state index in [4.69, 9.17) is 5.11 Å². The van der Waals surface area contributed by atoms with E-state index in [-0.39, 0.29) is 24.3 Å². The lowest BCUT2D eigenvalue weighted by atomic mass is 10.1. The molecule has 0 aliphatic carbocycles. The second-order valence-electron chi connectivity index (χ2n) is 4.72. The number of nitrogens with one attached hydrogen (secondary N) is 2. The van der Waals surface area contributed by atoms with Crippen molar-refractivity contribution >= 4 is 27.8 Å². The topological polar surface area (TPSA) is 139 Å². The minimum Gasteiger partial charge on any atom is -0.480 e. The minimum absolute atomic E-state index is 0.00263. The Balaban J connectivity index is 2.45. The van der Waals surface area contributed by atoms with Crippen molar-refractivity contribution in [1.29, 1.82) is 0 Å². The smallest absolute Gasteiger partial charge is 0.326 e. The van der Waals surface area contributed by atoms with Crippen LogP contribution >= 0.6 is 0 Å². The fourth-order valence-electron chi connectivity index (χ4n) is 1.92. The molecule has 0 aromatic heterocycles. The third kappa shape index (κ3) is 5.98. The summed E-state index contributed by atoms with van der Waals surface area (Å²) in [6.07, 6.45) is 0.0413. The number of amides is 2. The number of methoxy groups -OCH3 is 1. The molecule has 3 N–H and O–H groups in total. The van der Waals surface area contributed by atoms with Crippen LogP contribution in [0.25, 0.3) is 0 Å².